The first kappa shape index (κ1) is 15.5. The molecule has 5 nitrogen and oxygen atoms in total. The normalized spacial score (nSPS) is 33.1. The number of hydrogen-bond acceptors (Lipinski definition) is 4. The van der Waals surface area contributed by atoms with E-state index in [0.29, 0.717) is 13.2 Å². The van der Waals surface area contributed by atoms with Gasteiger partial charge in [0.05, 0.1) is 18.3 Å². The first-order valence-corrected chi connectivity index (χ1v) is 7.73. The Bertz CT molecular complexity index is 521. The minimum atomic E-state index is -0.271. The van der Waals surface area contributed by atoms with Gasteiger partial charge in [0.25, 0.3) is 0 Å². The van der Waals surface area contributed by atoms with Crippen molar-refractivity contribution in [3.63, 3.8) is 0 Å². The molecule has 0 bridgehead atoms. The summed E-state index contributed by atoms with van der Waals surface area (Å²) in [5.74, 6) is 0.0791. The summed E-state index contributed by atoms with van der Waals surface area (Å²) >= 11 is 0. The van der Waals surface area contributed by atoms with Gasteiger partial charge in [-0.1, -0.05) is 30.3 Å². The third-order valence-corrected chi connectivity index (χ3v) is 4.46. The maximum absolute atomic E-state index is 11.1. The van der Waals surface area contributed by atoms with Gasteiger partial charge in [-0.05, 0) is 12.0 Å². The maximum Gasteiger partial charge on any atom is 0.216 e. The minimum absolute atomic E-state index is 0.0352. The Balaban J connectivity index is 1.59. The molecular formula is C17H23NO4. The van der Waals surface area contributed by atoms with E-state index in [2.05, 4.69) is 17.4 Å². The number of rotatable bonds is 6. The fourth-order valence-electron chi connectivity index (χ4n) is 3.16. The first-order valence-electron chi connectivity index (χ1n) is 7.73. The SMILES string of the molecule is COC1OC2CC2(OCc2ccccc2)CC1CNC(C)=O. The topological polar surface area (TPSA) is 56.8 Å². The van der Waals surface area contributed by atoms with E-state index in [9.17, 15) is 4.79 Å². The van der Waals surface area contributed by atoms with E-state index in [1.54, 1.807) is 7.11 Å². The predicted molar refractivity (Wildman–Crippen MR) is 81.0 cm³/mol. The van der Waals surface area contributed by atoms with Gasteiger partial charge in [0.2, 0.25) is 5.91 Å². The molecule has 1 heterocycles. The fourth-order valence-corrected chi connectivity index (χ4v) is 3.16. The van der Waals surface area contributed by atoms with Gasteiger partial charge >= 0.3 is 0 Å². The van der Waals surface area contributed by atoms with Crippen molar-refractivity contribution in [2.75, 3.05) is 13.7 Å². The van der Waals surface area contributed by atoms with Crippen molar-refractivity contribution in [3.05, 3.63) is 35.9 Å². The molecule has 4 unspecified atom stereocenters. The number of methoxy groups -OCH3 is 1. The number of carbonyl (C=O) groups is 1. The number of nitrogens with one attached hydrogen (secondary N) is 1. The van der Waals surface area contributed by atoms with Crippen molar-refractivity contribution in [3.8, 4) is 0 Å². The molecule has 2 fully saturated rings. The van der Waals surface area contributed by atoms with Crippen LogP contribution in [0, 0.1) is 5.92 Å². The Morgan fingerprint density at radius 2 is 2.14 bits per heavy atom. The number of carbonyl (C=O) groups excluding carboxylic acids is 1. The van der Waals surface area contributed by atoms with Gasteiger partial charge < -0.3 is 19.5 Å². The van der Waals surface area contributed by atoms with Crippen LogP contribution in [0.5, 0.6) is 0 Å². The molecule has 0 radical (unpaired) electrons. The lowest BCUT2D eigenvalue weighted by molar-refractivity contribution is -0.213. The van der Waals surface area contributed by atoms with Crippen molar-refractivity contribution in [1.29, 1.82) is 0 Å². The van der Waals surface area contributed by atoms with Crippen LogP contribution in [-0.2, 0) is 25.6 Å². The van der Waals surface area contributed by atoms with E-state index in [4.69, 9.17) is 14.2 Å². The van der Waals surface area contributed by atoms with Gasteiger partial charge in [0, 0.05) is 32.9 Å². The highest BCUT2D eigenvalue weighted by molar-refractivity contribution is 5.72. The molecule has 120 valence electrons. The van der Waals surface area contributed by atoms with Crippen LogP contribution in [0.3, 0.4) is 0 Å². The molecule has 1 aliphatic heterocycles. The third kappa shape index (κ3) is 3.32. The number of benzene rings is 1. The Morgan fingerprint density at radius 1 is 1.36 bits per heavy atom. The summed E-state index contributed by atoms with van der Waals surface area (Å²) in [6.07, 6.45) is 1.59. The lowest BCUT2D eigenvalue weighted by Crippen LogP contribution is -2.44. The molecule has 1 aromatic rings. The number of fused-ring (bicyclic) bond motifs is 1. The Labute approximate surface area is 130 Å². The highest BCUT2D eigenvalue weighted by Crippen LogP contribution is 2.53. The quantitative estimate of drug-likeness (QED) is 0.871. The molecule has 1 aromatic carbocycles. The Kier molecular flexibility index (Phi) is 4.47. The zero-order chi connectivity index (χ0) is 15.6. The zero-order valence-corrected chi connectivity index (χ0v) is 13.1. The summed E-state index contributed by atoms with van der Waals surface area (Å²) in [7, 11) is 1.64. The molecule has 3 rings (SSSR count). The van der Waals surface area contributed by atoms with Gasteiger partial charge in [-0.3, -0.25) is 4.79 Å². The van der Waals surface area contributed by atoms with E-state index < -0.39 is 0 Å². The van der Waals surface area contributed by atoms with Gasteiger partial charge in [0.15, 0.2) is 6.29 Å². The molecule has 0 aromatic heterocycles. The van der Waals surface area contributed by atoms with Crippen molar-refractivity contribution in [1.82, 2.24) is 5.32 Å². The lowest BCUT2D eigenvalue weighted by atomic mass is 9.96. The molecule has 1 N–H and O–H groups in total. The fraction of sp³-hybridized carbons (Fsp3) is 0.588. The standard InChI is InChI=1S/C17H23NO4/c1-12(19)18-10-14-8-17(9-15(17)22-16(14)20-2)21-11-13-6-4-3-5-7-13/h3-7,14-16H,8-11H2,1-2H3,(H,18,19). The van der Waals surface area contributed by atoms with Crippen LogP contribution in [-0.4, -0.2) is 37.6 Å². The lowest BCUT2D eigenvalue weighted by Gasteiger charge is -2.35. The van der Waals surface area contributed by atoms with Crippen LogP contribution in [0.15, 0.2) is 30.3 Å². The molecule has 4 atom stereocenters. The second-order valence-corrected chi connectivity index (χ2v) is 6.17. The Morgan fingerprint density at radius 3 is 2.82 bits per heavy atom. The van der Waals surface area contributed by atoms with E-state index in [0.717, 1.165) is 18.4 Å². The second-order valence-electron chi connectivity index (χ2n) is 6.17. The molecule has 22 heavy (non-hydrogen) atoms. The second kappa shape index (κ2) is 6.36. The maximum atomic E-state index is 11.1. The molecule has 5 heteroatoms. The van der Waals surface area contributed by atoms with Crippen molar-refractivity contribution < 1.29 is 19.0 Å². The molecule has 1 saturated heterocycles. The highest BCUT2D eigenvalue weighted by Gasteiger charge is 2.62. The van der Waals surface area contributed by atoms with Crippen LogP contribution in [0.1, 0.15) is 25.3 Å². The summed E-state index contributed by atoms with van der Waals surface area (Å²) < 4.78 is 17.5. The predicted octanol–water partition coefficient (Wildman–Crippen LogP) is 1.86. The van der Waals surface area contributed by atoms with Gasteiger partial charge in [-0.25, -0.2) is 0 Å². The van der Waals surface area contributed by atoms with Crippen LogP contribution >= 0.6 is 0 Å². The van der Waals surface area contributed by atoms with E-state index in [-0.39, 0.29) is 29.8 Å². The molecule has 0 spiro atoms. The smallest absolute Gasteiger partial charge is 0.216 e. The largest absolute Gasteiger partial charge is 0.367 e. The average molecular weight is 305 g/mol. The van der Waals surface area contributed by atoms with Gasteiger partial charge in [0.1, 0.15) is 0 Å². The summed E-state index contributed by atoms with van der Waals surface area (Å²) in [5.41, 5.74) is 0.948. The summed E-state index contributed by atoms with van der Waals surface area (Å²) in [6, 6.07) is 10.1. The summed E-state index contributed by atoms with van der Waals surface area (Å²) in [6.45, 7) is 2.66. The number of hydrogen-bond donors (Lipinski definition) is 1. The summed E-state index contributed by atoms with van der Waals surface area (Å²) in [5, 5.41) is 2.86. The van der Waals surface area contributed by atoms with Crippen LogP contribution in [0.25, 0.3) is 0 Å². The van der Waals surface area contributed by atoms with E-state index in [1.165, 1.54) is 6.92 Å². The van der Waals surface area contributed by atoms with Crippen molar-refractivity contribution in [2.24, 2.45) is 5.92 Å². The third-order valence-electron chi connectivity index (χ3n) is 4.46. The molecule has 2 aliphatic rings. The Hall–Kier alpha value is -1.43. The average Bonchev–Trinajstić information content (AvgIpc) is 3.24. The zero-order valence-electron chi connectivity index (χ0n) is 13.1. The van der Waals surface area contributed by atoms with Crippen LogP contribution in [0.2, 0.25) is 0 Å². The number of ether oxygens (including phenoxy) is 3. The molecule has 1 amide bonds. The van der Waals surface area contributed by atoms with Crippen molar-refractivity contribution in [2.45, 2.75) is 44.4 Å². The van der Waals surface area contributed by atoms with Crippen molar-refractivity contribution >= 4 is 5.91 Å². The minimum Gasteiger partial charge on any atom is -0.367 e. The first-order chi connectivity index (χ1) is 10.6. The van der Waals surface area contributed by atoms with Crippen LogP contribution < -0.4 is 5.32 Å². The monoisotopic (exact) mass is 305 g/mol. The number of amides is 1. The van der Waals surface area contributed by atoms with Crippen LogP contribution in [0.4, 0.5) is 0 Å². The van der Waals surface area contributed by atoms with Gasteiger partial charge in [-0.15, -0.1) is 0 Å². The van der Waals surface area contributed by atoms with Gasteiger partial charge in [-0.2, -0.15) is 0 Å². The molecule has 1 aliphatic carbocycles. The molecule has 1 saturated carbocycles. The van der Waals surface area contributed by atoms with E-state index >= 15 is 0 Å². The van der Waals surface area contributed by atoms with E-state index in [1.807, 2.05) is 18.2 Å². The summed E-state index contributed by atoms with van der Waals surface area (Å²) in [4.78, 5) is 11.1. The highest BCUT2D eigenvalue weighted by atomic mass is 16.7. The molecular weight excluding hydrogens is 282 g/mol.